The average molecular weight is 327 g/mol. The van der Waals surface area contributed by atoms with Gasteiger partial charge in [-0.05, 0) is 18.6 Å². The van der Waals surface area contributed by atoms with Gasteiger partial charge in [-0.3, -0.25) is 0 Å². The van der Waals surface area contributed by atoms with Gasteiger partial charge in [0.15, 0.2) is 11.6 Å². The summed E-state index contributed by atoms with van der Waals surface area (Å²) in [6.07, 6.45) is 3.29. The Hall–Kier alpha value is -2.25. The number of anilines is 3. The molecule has 2 aromatic rings. The second kappa shape index (κ2) is 6.33. The summed E-state index contributed by atoms with van der Waals surface area (Å²) in [5.41, 5.74) is 2.18. The first-order chi connectivity index (χ1) is 11.7. The number of piperidine rings is 1. The molecule has 7 nitrogen and oxygen atoms in total. The van der Waals surface area contributed by atoms with Crippen molar-refractivity contribution in [1.29, 1.82) is 0 Å². The molecule has 2 aliphatic heterocycles. The second-order valence-electron chi connectivity index (χ2n) is 6.18. The monoisotopic (exact) mass is 327 g/mol. The number of hydrogen-bond acceptors (Lipinski definition) is 7. The fourth-order valence-electron chi connectivity index (χ4n) is 3.17. The summed E-state index contributed by atoms with van der Waals surface area (Å²) < 4.78 is 11.5. The van der Waals surface area contributed by atoms with Crippen LogP contribution < -0.4 is 10.2 Å². The van der Waals surface area contributed by atoms with Crippen LogP contribution in [0.25, 0.3) is 0 Å². The molecular formula is C17H21N5O2. The number of rotatable bonds is 3. The predicted octanol–water partition coefficient (Wildman–Crippen LogP) is 2.27. The normalized spacial score (nSPS) is 19.6. The first kappa shape index (κ1) is 15.3. The molecule has 1 aromatic heterocycles. The highest BCUT2D eigenvalue weighted by Gasteiger charge is 2.40. The largest absolute Gasteiger partial charge is 0.347 e. The molecule has 4 rings (SSSR count). The maximum atomic E-state index is 5.76. The summed E-state index contributed by atoms with van der Waals surface area (Å²) >= 11 is 0. The molecule has 2 saturated heterocycles. The van der Waals surface area contributed by atoms with E-state index in [0.717, 1.165) is 37.2 Å². The molecule has 24 heavy (non-hydrogen) atoms. The van der Waals surface area contributed by atoms with Crippen molar-refractivity contribution in [3.63, 3.8) is 0 Å². The van der Waals surface area contributed by atoms with Crippen LogP contribution in [0.3, 0.4) is 0 Å². The smallest absolute Gasteiger partial charge is 0.247 e. The zero-order valence-electron chi connectivity index (χ0n) is 13.7. The molecule has 0 radical (unpaired) electrons. The molecule has 1 aromatic carbocycles. The molecule has 1 N–H and O–H groups in total. The number of ether oxygens (including phenoxy) is 2. The molecule has 2 aliphatic rings. The minimum absolute atomic E-state index is 0.388. The Labute approximate surface area is 141 Å². The Morgan fingerprint density at radius 2 is 1.88 bits per heavy atom. The van der Waals surface area contributed by atoms with E-state index in [0.29, 0.717) is 25.0 Å². The van der Waals surface area contributed by atoms with Gasteiger partial charge in [0, 0.05) is 31.6 Å². The molecule has 2 fully saturated rings. The van der Waals surface area contributed by atoms with Crippen LogP contribution in [0, 0.1) is 6.92 Å². The van der Waals surface area contributed by atoms with Gasteiger partial charge in [0.2, 0.25) is 5.95 Å². The minimum Gasteiger partial charge on any atom is -0.347 e. The van der Waals surface area contributed by atoms with Gasteiger partial charge in [-0.2, -0.15) is 10.1 Å². The Balaban J connectivity index is 1.46. The molecule has 126 valence electrons. The quantitative estimate of drug-likeness (QED) is 0.927. The first-order valence-electron chi connectivity index (χ1n) is 8.29. The van der Waals surface area contributed by atoms with Crippen LogP contribution in [0.15, 0.2) is 30.5 Å². The van der Waals surface area contributed by atoms with Crippen molar-refractivity contribution in [1.82, 2.24) is 15.2 Å². The van der Waals surface area contributed by atoms with E-state index in [9.17, 15) is 0 Å². The zero-order valence-corrected chi connectivity index (χ0v) is 13.7. The molecule has 0 aliphatic carbocycles. The highest BCUT2D eigenvalue weighted by Crippen LogP contribution is 2.32. The lowest BCUT2D eigenvalue weighted by Gasteiger charge is -2.37. The van der Waals surface area contributed by atoms with Gasteiger partial charge in [-0.15, -0.1) is 5.10 Å². The number of aryl methyl sites for hydroxylation is 1. The maximum absolute atomic E-state index is 5.76. The Bertz CT molecular complexity index is 708. The standard InChI is InChI=1S/C17H21N5O2/c1-13-4-2-3-5-14(13)19-15-12-18-21-16(20-15)22-8-6-17(7-9-22)23-10-11-24-17/h2-5,12H,6-11H2,1H3,(H,19,20,21). The molecule has 0 unspecified atom stereocenters. The van der Waals surface area contributed by atoms with Gasteiger partial charge >= 0.3 is 0 Å². The Morgan fingerprint density at radius 3 is 2.62 bits per heavy atom. The van der Waals surface area contributed by atoms with Gasteiger partial charge in [-0.1, -0.05) is 18.2 Å². The van der Waals surface area contributed by atoms with Crippen molar-refractivity contribution in [2.45, 2.75) is 25.6 Å². The van der Waals surface area contributed by atoms with Gasteiger partial charge in [0.25, 0.3) is 0 Å². The number of nitrogens with one attached hydrogen (secondary N) is 1. The fourth-order valence-corrected chi connectivity index (χ4v) is 3.17. The lowest BCUT2D eigenvalue weighted by Crippen LogP contribution is -2.45. The van der Waals surface area contributed by atoms with E-state index in [1.54, 1.807) is 6.20 Å². The van der Waals surface area contributed by atoms with E-state index in [2.05, 4.69) is 38.4 Å². The Kier molecular flexibility index (Phi) is 4.03. The molecular weight excluding hydrogens is 306 g/mol. The van der Waals surface area contributed by atoms with Crippen LogP contribution in [0.1, 0.15) is 18.4 Å². The van der Waals surface area contributed by atoms with E-state index in [1.807, 2.05) is 18.2 Å². The average Bonchev–Trinajstić information content (AvgIpc) is 3.06. The van der Waals surface area contributed by atoms with Gasteiger partial charge in [0.05, 0.1) is 19.4 Å². The number of para-hydroxylation sites is 1. The topological polar surface area (TPSA) is 72.4 Å². The lowest BCUT2D eigenvalue weighted by molar-refractivity contribution is -0.169. The van der Waals surface area contributed by atoms with E-state index in [4.69, 9.17) is 9.47 Å². The van der Waals surface area contributed by atoms with Gasteiger partial charge < -0.3 is 19.7 Å². The van der Waals surface area contributed by atoms with Gasteiger partial charge in [-0.25, -0.2) is 0 Å². The maximum Gasteiger partial charge on any atom is 0.247 e. The van der Waals surface area contributed by atoms with E-state index in [1.165, 1.54) is 0 Å². The molecule has 3 heterocycles. The Morgan fingerprint density at radius 1 is 1.12 bits per heavy atom. The fraction of sp³-hybridized carbons (Fsp3) is 0.471. The van der Waals surface area contributed by atoms with Crippen molar-refractivity contribution >= 4 is 17.5 Å². The third kappa shape index (κ3) is 3.05. The first-order valence-corrected chi connectivity index (χ1v) is 8.29. The summed E-state index contributed by atoms with van der Waals surface area (Å²) in [5, 5.41) is 11.6. The molecule has 0 atom stereocenters. The summed E-state index contributed by atoms with van der Waals surface area (Å²) in [5.74, 6) is 0.949. The third-order valence-corrected chi connectivity index (χ3v) is 4.58. The van der Waals surface area contributed by atoms with Gasteiger partial charge in [0.1, 0.15) is 0 Å². The van der Waals surface area contributed by atoms with Crippen molar-refractivity contribution < 1.29 is 9.47 Å². The minimum atomic E-state index is -0.388. The highest BCUT2D eigenvalue weighted by molar-refractivity contribution is 5.60. The third-order valence-electron chi connectivity index (χ3n) is 4.58. The zero-order chi connectivity index (χ0) is 16.4. The molecule has 0 bridgehead atoms. The van der Waals surface area contributed by atoms with Crippen LogP contribution in [0.4, 0.5) is 17.5 Å². The summed E-state index contributed by atoms with van der Waals surface area (Å²) in [7, 11) is 0. The van der Waals surface area contributed by atoms with Crippen LogP contribution in [0.2, 0.25) is 0 Å². The van der Waals surface area contributed by atoms with Crippen molar-refractivity contribution in [2.24, 2.45) is 0 Å². The van der Waals surface area contributed by atoms with Crippen LogP contribution in [0.5, 0.6) is 0 Å². The summed E-state index contributed by atoms with van der Waals surface area (Å²) in [6.45, 7) is 5.04. The molecule has 7 heteroatoms. The van der Waals surface area contributed by atoms with E-state index >= 15 is 0 Å². The second-order valence-corrected chi connectivity index (χ2v) is 6.18. The van der Waals surface area contributed by atoms with E-state index in [-0.39, 0.29) is 5.79 Å². The molecule has 1 spiro atoms. The number of aromatic nitrogens is 3. The highest BCUT2D eigenvalue weighted by atomic mass is 16.7. The van der Waals surface area contributed by atoms with E-state index < -0.39 is 0 Å². The van der Waals surface area contributed by atoms with Crippen LogP contribution in [-0.2, 0) is 9.47 Å². The number of hydrogen-bond donors (Lipinski definition) is 1. The molecule has 0 saturated carbocycles. The number of benzene rings is 1. The van der Waals surface area contributed by atoms with Crippen LogP contribution >= 0.6 is 0 Å². The predicted molar refractivity (Wildman–Crippen MR) is 90.4 cm³/mol. The SMILES string of the molecule is Cc1ccccc1Nc1cnnc(N2CCC3(CC2)OCCO3)n1. The summed E-state index contributed by atoms with van der Waals surface area (Å²) in [6, 6.07) is 8.09. The van der Waals surface area contributed by atoms with Crippen molar-refractivity contribution in [2.75, 3.05) is 36.5 Å². The van der Waals surface area contributed by atoms with Crippen LogP contribution in [-0.4, -0.2) is 47.3 Å². The molecule has 0 amide bonds. The van der Waals surface area contributed by atoms with Crippen molar-refractivity contribution in [3.8, 4) is 0 Å². The summed E-state index contributed by atoms with van der Waals surface area (Å²) in [4.78, 5) is 6.74. The number of nitrogens with zero attached hydrogens (tertiary/aromatic N) is 4. The lowest BCUT2D eigenvalue weighted by atomic mass is 10.0. The van der Waals surface area contributed by atoms with Crippen molar-refractivity contribution in [3.05, 3.63) is 36.0 Å².